The van der Waals surface area contributed by atoms with E-state index in [9.17, 15) is 0 Å². The molecule has 0 aliphatic carbocycles. The lowest BCUT2D eigenvalue weighted by molar-refractivity contribution is 0.0199. The maximum atomic E-state index is 8.88. The first-order valence-electron chi connectivity index (χ1n) is 4.30. The molecule has 3 nitrogen and oxygen atoms in total. The largest absolute Gasteiger partial charge is 0.396 e. The van der Waals surface area contributed by atoms with Crippen molar-refractivity contribution in [1.29, 1.82) is 0 Å². The lowest BCUT2D eigenvalue weighted by Gasteiger charge is -2.28. The molecule has 1 saturated heterocycles. The SMILES string of the molecule is CCO[C@H]1CNC[C@@H](CO)C1. The molecule has 1 heterocycles. The maximum absolute atomic E-state index is 8.88. The van der Waals surface area contributed by atoms with E-state index in [0.717, 1.165) is 26.1 Å². The molecule has 0 radical (unpaired) electrons. The Hall–Kier alpha value is -0.120. The van der Waals surface area contributed by atoms with Crippen molar-refractivity contribution in [2.75, 3.05) is 26.3 Å². The quantitative estimate of drug-likeness (QED) is 0.608. The predicted octanol–water partition coefficient (Wildman–Crippen LogP) is -0.00670. The van der Waals surface area contributed by atoms with Gasteiger partial charge in [0.15, 0.2) is 0 Å². The third-order valence-electron chi connectivity index (χ3n) is 2.06. The lowest BCUT2D eigenvalue weighted by Crippen LogP contribution is -2.41. The summed E-state index contributed by atoms with van der Waals surface area (Å²) in [6.45, 7) is 4.91. The number of rotatable bonds is 3. The Balaban J connectivity index is 2.21. The van der Waals surface area contributed by atoms with Gasteiger partial charge in [0.2, 0.25) is 0 Å². The van der Waals surface area contributed by atoms with Crippen LogP contribution in [0.5, 0.6) is 0 Å². The summed E-state index contributed by atoms with van der Waals surface area (Å²) in [4.78, 5) is 0. The van der Waals surface area contributed by atoms with Crippen LogP contribution in [0.2, 0.25) is 0 Å². The third kappa shape index (κ3) is 2.77. The number of hydrogen-bond donors (Lipinski definition) is 2. The van der Waals surface area contributed by atoms with Gasteiger partial charge < -0.3 is 15.2 Å². The van der Waals surface area contributed by atoms with E-state index in [2.05, 4.69) is 5.32 Å². The molecular formula is C8H17NO2. The minimum absolute atomic E-state index is 0.274. The van der Waals surface area contributed by atoms with Gasteiger partial charge in [-0.1, -0.05) is 0 Å². The Morgan fingerprint density at radius 1 is 1.55 bits per heavy atom. The van der Waals surface area contributed by atoms with Crippen LogP contribution in [0.4, 0.5) is 0 Å². The molecule has 0 bridgehead atoms. The number of ether oxygens (including phenoxy) is 1. The summed E-state index contributed by atoms with van der Waals surface area (Å²) in [5.74, 6) is 0.389. The van der Waals surface area contributed by atoms with E-state index in [1.807, 2.05) is 6.92 Å². The molecule has 1 rings (SSSR count). The average Bonchev–Trinajstić information content (AvgIpc) is 2.06. The van der Waals surface area contributed by atoms with E-state index in [4.69, 9.17) is 9.84 Å². The Labute approximate surface area is 67.7 Å². The highest BCUT2D eigenvalue weighted by molar-refractivity contribution is 4.75. The highest BCUT2D eigenvalue weighted by Gasteiger charge is 2.20. The molecule has 0 unspecified atom stereocenters. The van der Waals surface area contributed by atoms with Gasteiger partial charge in [0, 0.05) is 26.3 Å². The van der Waals surface area contributed by atoms with Gasteiger partial charge in [-0.2, -0.15) is 0 Å². The van der Waals surface area contributed by atoms with Crippen LogP contribution in [-0.4, -0.2) is 37.5 Å². The van der Waals surface area contributed by atoms with Crippen molar-refractivity contribution in [2.24, 2.45) is 5.92 Å². The molecule has 0 spiro atoms. The highest BCUT2D eigenvalue weighted by atomic mass is 16.5. The second-order valence-corrected chi connectivity index (χ2v) is 3.02. The summed E-state index contributed by atoms with van der Waals surface area (Å²) in [5, 5.41) is 12.1. The van der Waals surface area contributed by atoms with Gasteiger partial charge in [-0.15, -0.1) is 0 Å². The van der Waals surface area contributed by atoms with Gasteiger partial charge in [-0.3, -0.25) is 0 Å². The number of nitrogens with one attached hydrogen (secondary N) is 1. The molecule has 1 fully saturated rings. The lowest BCUT2D eigenvalue weighted by atomic mass is 9.98. The number of piperidine rings is 1. The fourth-order valence-corrected chi connectivity index (χ4v) is 1.49. The Kier molecular flexibility index (Phi) is 3.83. The van der Waals surface area contributed by atoms with Crippen molar-refractivity contribution >= 4 is 0 Å². The molecule has 0 aromatic rings. The fourth-order valence-electron chi connectivity index (χ4n) is 1.49. The molecule has 0 saturated carbocycles. The minimum Gasteiger partial charge on any atom is -0.396 e. The van der Waals surface area contributed by atoms with Gasteiger partial charge in [0.25, 0.3) is 0 Å². The van der Waals surface area contributed by atoms with Crippen LogP contribution >= 0.6 is 0 Å². The van der Waals surface area contributed by atoms with Crippen molar-refractivity contribution in [2.45, 2.75) is 19.4 Å². The summed E-state index contributed by atoms with van der Waals surface area (Å²) in [6, 6.07) is 0. The van der Waals surface area contributed by atoms with E-state index in [1.54, 1.807) is 0 Å². The van der Waals surface area contributed by atoms with Crippen LogP contribution in [0.1, 0.15) is 13.3 Å². The van der Waals surface area contributed by atoms with Gasteiger partial charge >= 0.3 is 0 Å². The Morgan fingerprint density at radius 3 is 3.00 bits per heavy atom. The Morgan fingerprint density at radius 2 is 2.36 bits per heavy atom. The summed E-state index contributed by atoms with van der Waals surface area (Å²) in [6.07, 6.45) is 1.31. The second kappa shape index (κ2) is 4.70. The molecule has 0 amide bonds. The molecule has 1 aliphatic heterocycles. The number of aliphatic hydroxyl groups excluding tert-OH is 1. The van der Waals surface area contributed by atoms with E-state index >= 15 is 0 Å². The van der Waals surface area contributed by atoms with E-state index in [1.165, 1.54) is 0 Å². The van der Waals surface area contributed by atoms with Gasteiger partial charge in [-0.25, -0.2) is 0 Å². The van der Waals surface area contributed by atoms with Crippen LogP contribution in [0, 0.1) is 5.92 Å². The number of aliphatic hydroxyl groups is 1. The minimum atomic E-state index is 0.274. The zero-order valence-corrected chi connectivity index (χ0v) is 7.05. The van der Waals surface area contributed by atoms with Crippen molar-refractivity contribution in [3.63, 3.8) is 0 Å². The summed E-state index contributed by atoms with van der Waals surface area (Å²) < 4.78 is 5.44. The van der Waals surface area contributed by atoms with E-state index in [-0.39, 0.29) is 6.61 Å². The van der Waals surface area contributed by atoms with Crippen LogP contribution in [0.25, 0.3) is 0 Å². The zero-order valence-electron chi connectivity index (χ0n) is 7.05. The van der Waals surface area contributed by atoms with Gasteiger partial charge in [0.1, 0.15) is 0 Å². The summed E-state index contributed by atoms with van der Waals surface area (Å²) >= 11 is 0. The number of hydrogen-bond acceptors (Lipinski definition) is 3. The van der Waals surface area contributed by atoms with Gasteiger partial charge in [-0.05, 0) is 19.3 Å². The second-order valence-electron chi connectivity index (χ2n) is 3.02. The third-order valence-corrected chi connectivity index (χ3v) is 2.06. The molecule has 2 atom stereocenters. The molecule has 11 heavy (non-hydrogen) atoms. The maximum Gasteiger partial charge on any atom is 0.0703 e. The van der Waals surface area contributed by atoms with Crippen LogP contribution in [-0.2, 0) is 4.74 Å². The highest BCUT2D eigenvalue weighted by Crippen LogP contribution is 2.12. The smallest absolute Gasteiger partial charge is 0.0703 e. The normalized spacial score (nSPS) is 32.2. The first-order chi connectivity index (χ1) is 5.36. The Bertz CT molecular complexity index is 106. The molecule has 0 aromatic heterocycles. The molecule has 1 aliphatic rings. The zero-order chi connectivity index (χ0) is 8.10. The van der Waals surface area contributed by atoms with Crippen LogP contribution in [0.15, 0.2) is 0 Å². The standard InChI is InChI=1S/C8H17NO2/c1-2-11-8-3-7(6-10)4-9-5-8/h7-10H,2-6H2,1H3/t7-,8+/m0/s1. The molecule has 66 valence electrons. The molecule has 3 heteroatoms. The van der Waals surface area contributed by atoms with E-state index in [0.29, 0.717) is 12.0 Å². The summed E-state index contributed by atoms with van der Waals surface area (Å²) in [7, 11) is 0. The molecular weight excluding hydrogens is 142 g/mol. The average molecular weight is 159 g/mol. The van der Waals surface area contributed by atoms with Crippen molar-refractivity contribution in [3.8, 4) is 0 Å². The van der Waals surface area contributed by atoms with E-state index < -0.39 is 0 Å². The van der Waals surface area contributed by atoms with Crippen molar-refractivity contribution in [1.82, 2.24) is 5.32 Å². The topological polar surface area (TPSA) is 41.5 Å². The predicted molar refractivity (Wildman–Crippen MR) is 43.5 cm³/mol. The first kappa shape index (κ1) is 8.97. The van der Waals surface area contributed by atoms with Gasteiger partial charge in [0.05, 0.1) is 6.10 Å². The van der Waals surface area contributed by atoms with Crippen LogP contribution < -0.4 is 5.32 Å². The van der Waals surface area contributed by atoms with Crippen LogP contribution in [0.3, 0.4) is 0 Å². The summed E-state index contributed by atoms with van der Waals surface area (Å²) in [5.41, 5.74) is 0. The monoisotopic (exact) mass is 159 g/mol. The van der Waals surface area contributed by atoms with Crippen molar-refractivity contribution < 1.29 is 9.84 Å². The fraction of sp³-hybridized carbons (Fsp3) is 1.00. The molecule has 0 aromatic carbocycles. The molecule has 2 N–H and O–H groups in total. The van der Waals surface area contributed by atoms with Crippen molar-refractivity contribution in [3.05, 3.63) is 0 Å². The first-order valence-corrected chi connectivity index (χ1v) is 4.30.